The van der Waals surface area contributed by atoms with Crippen LogP contribution in [0.4, 0.5) is 33.6 Å². The number of likely N-dealkylation sites (N-methyl/N-ethyl adjacent to an activating group) is 1. The van der Waals surface area contributed by atoms with Gasteiger partial charge in [0.25, 0.3) is 11.5 Å². The van der Waals surface area contributed by atoms with Crippen molar-refractivity contribution in [2.45, 2.75) is 52.1 Å². The summed E-state index contributed by atoms with van der Waals surface area (Å²) in [4.78, 5) is 39.7. The number of amides is 1. The molecule has 5 rings (SSSR count). The van der Waals surface area contributed by atoms with Gasteiger partial charge in [-0.1, -0.05) is 13.8 Å². The number of rotatable bonds is 6. The van der Waals surface area contributed by atoms with Crippen molar-refractivity contribution in [3.63, 3.8) is 0 Å². The third kappa shape index (κ3) is 6.30. The Labute approximate surface area is 262 Å². The molecule has 248 valence electrons. The van der Waals surface area contributed by atoms with Crippen LogP contribution in [0.15, 0.2) is 35.5 Å². The first-order valence-electron chi connectivity index (χ1n) is 14.9. The summed E-state index contributed by atoms with van der Waals surface area (Å²) in [5.41, 5.74) is 0.135. The van der Waals surface area contributed by atoms with Crippen LogP contribution in [0.1, 0.15) is 43.6 Å². The topological polar surface area (TPSA) is 110 Å². The van der Waals surface area contributed by atoms with Gasteiger partial charge in [0.15, 0.2) is 5.82 Å². The molecule has 0 bridgehead atoms. The van der Waals surface area contributed by atoms with Crippen LogP contribution in [0.3, 0.4) is 0 Å². The third-order valence-electron chi connectivity index (χ3n) is 8.78. The number of hydrogen-bond acceptors (Lipinski definition) is 8. The average Bonchev–Trinajstić information content (AvgIpc) is 2.99. The van der Waals surface area contributed by atoms with Gasteiger partial charge in [-0.05, 0) is 26.8 Å². The van der Waals surface area contributed by atoms with Crippen molar-refractivity contribution in [1.82, 2.24) is 19.4 Å². The van der Waals surface area contributed by atoms with E-state index in [9.17, 15) is 22.8 Å². The number of anilines is 2. The Morgan fingerprint density at radius 3 is 2.24 bits per heavy atom. The molecule has 3 atom stereocenters. The van der Waals surface area contributed by atoms with E-state index in [1.807, 2.05) is 39.6 Å². The largest absolute Gasteiger partial charge is 0.417 e. The Kier molecular flexibility index (Phi) is 9.10. The fraction of sp³-hybridized carbons (Fsp3) is 0.484. The maximum atomic E-state index is 16.8. The average molecular weight is 650 g/mol. The summed E-state index contributed by atoms with van der Waals surface area (Å²) in [5.74, 6) is -3.13. The zero-order chi connectivity index (χ0) is 33.7. The number of aromatic nitrogens is 3. The maximum Gasteiger partial charge on any atom is 0.417 e. The summed E-state index contributed by atoms with van der Waals surface area (Å²) < 4.78 is 80.3. The molecule has 1 amide bonds. The van der Waals surface area contributed by atoms with Crippen molar-refractivity contribution >= 4 is 17.5 Å². The zero-order valence-electron chi connectivity index (χ0n) is 26.1. The number of hydrogen-bond donors (Lipinski definition) is 1. The highest BCUT2D eigenvalue weighted by atomic mass is 19.4. The summed E-state index contributed by atoms with van der Waals surface area (Å²) in [5, 5.41) is 0. The zero-order valence-corrected chi connectivity index (χ0v) is 26.1. The van der Waals surface area contributed by atoms with Gasteiger partial charge in [0, 0.05) is 74.5 Å². The lowest BCUT2D eigenvalue weighted by molar-refractivity contribution is -0.138. The van der Waals surface area contributed by atoms with Gasteiger partial charge in [-0.3, -0.25) is 19.1 Å². The number of morpholine rings is 1. The highest BCUT2D eigenvalue weighted by Gasteiger charge is 2.37. The third-order valence-corrected chi connectivity index (χ3v) is 8.78. The molecule has 2 fully saturated rings. The first-order chi connectivity index (χ1) is 21.6. The Morgan fingerprint density at radius 1 is 1.04 bits per heavy atom. The second-order valence-corrected chi connectivity index (χ2v) is 12.2. The molecule has 46 heavy (non-hydrogen) atoms. The Balaban J connectivity index is 1.68. The summed E-state index contributed by atoms with van der Waals surface area (Å²) in [6, 6.07) is 1.07. The van der Waals surface area contributed by atoms with Gasteiger partial charge in [-0.25, -0.2) is 18.7 Å². The van der Waals surface area contributed by atoms with Crippen molar-refractivity contribution in [2.24, 2.45) is 11.7 Å². The number of primary amides is 1. The van der Waals surface area contributed by atoms with E-state index in [1.165, 1.54) is 12.4 Å². The molecular weight excluding hydrogens is 613 g/mol. The summed E-state index contributed by atoms with van der Waals surface area (Å²) in [7, 11) is 1.90. The lowest BCUT2D eigenvalue weighted by Crippen LogP contribution is -2.55. The van der Waals surface area contributed by atoms with Crippen LogP contribution in [0.2, 0.25) is 0 Å². The number of carbonyl (C=O) groups excluding carboxylic acids is 1. The van der Waals surface area contributed by atoms with Crippen molar-refractivity contribution < 1.29 is 31.5 Å². The first-order valence-corrected chi connectivity index (χ1v) is 14.9. The number of halogens is 5. The highest BCUT2D eigenvalue weighted by molar-refractivity contribution is 5.94. The molecule has 1 aromatic carbocycles. The van der Waals surface area contributed by atoms with Gasteiger partial charge >= 0.3 is 6.18 Å². The summed E-state index contributed by atoms with van der Waals surface area (Å²) in [6.45, 7) is 9.97. The van der Waals surface area contributed by atoms with Crippen molar-refractivity contribution in [2.75, 3.05) is 49.6 Å². The Hall–Kier alpha value is -4.11. The Morgan fingerprint density at radius 2 is 1.67 bits per heavy atom. The van der Waals surface area contributed by atoms with E-state index in [2.05, 4.69) is 14.9 Å². The van der Waals surface area contributed by atoms with Crippen LogP contribution in [0.5, 0.6) is 0 Å². The number of pyridine rings is 1. The smallest absolute Gasteiger partial charge is 0.374 e. The molecule has 4 heterocycles. The van der Waals surface area contributed by atoms with E-state index >= 15 is 8.78 Å². The quantitative estimate of drug-likeness (QED) is 0.398. The van der Waals surface area contributed by atoms with E-state index in [4.69, 9.17) is 10.5 Å². The molecule has 10 nitrogen and oxygen atoms in total. The molecule has 0 saturated carbocycles. The van der Waals surface area contributed by atoms with E-state index in [0.717, 1.165) is 6.07 Å². The molecule has 0 aliphatic carbocycles. The standard InChI is InChI=1S/C31H36F5N7O3/c1-16(2)24-15-41(6-7-46-24)30-38-10-19(11-39-30)26-22(32)9-23(42-12-17(3)40(5)18(4)13-42)28(27(26)33)43-14-20(29(37)45)21(8-25(43)44)31(34,35)36/h8-11,14,16-18,24H,6-7,12-13,15H2,1-5H3,(H2,37,45)/t17-,18+,24?. The molecule has 15 heteroatoms. The lowest BCUT2D eigenvalue weighted by atomic mass is 10.0. The minimum atomic E-state index is -5.09. The summed E-state index contributed by atoms with van der Waals surface area (Å²) in [6.07, 6.45) is -2.08. The second kappa shape index (κ2) is 12.6. The monoisotopic (exact) mass is 649 g/mol. The van der Waals surface area contributed by atoms with E-state index in [1.54, 1.807) is 4.90 Å². The molecule has 0 spiro atoms. The van der Waals surface area contributed by atoms with Crippen molar-refractivity contribution in [3.05, 3.63) is 63.8 Å². The number of nitrogens with zero attached hydrogens (tertiary/aromatic N) is 6. The highest BCUT2D eigenvalue weighted by Crippen LogP contribution is 2.38. The van der Waals surface area contributed by atoms with Crippen LogP contribution in [0, 0.1) is 17.6 Å². The number of benzene rings is 1. The summed E-state index contributed by atoms with van der Waals surface area (Å²) >= 11 is 0. The van der Waals surface area contributed by atoms with Gasteiger partial charge < -0.3 is 20.3 Å². The van der Waals surface area contributed by atoms with Gasteiger partial charge in [0.05, 0.1) is 35.1 Å². The molecule has 3 aromatic rings. The SMILES string of the molecule is CC(C)C1CN(c2ncc(-c3c(F)cc(N4C[C@@H](C)N(C)[C@@H](C)C4)c(-n4cc(C(N)=O)c(C(F)(F)F)cc4=O)c3F)cn2)CCO1. The van der Waals surface area contributed by atoms with Crippen LogP contribution in [-0.2, 0) is 10.9 Å². The number of nitrogens with two attached hydrogens (primary N) is 1. The molecule has 2 aliphatic heterocycles. The van der Waals surface area contributed by atoms with Gasteiger partial charge in [0.1, 0.15) is 11.5 Å². The van der Waals surface area contributed by atoms with Gasteiger partial charge in [0.2, 0.25) is 5.95 Å². The lowest BCUT2D eigenvalue weighted by Gasteiger charge is -2.44. The number of alkyl halides is 3. The van der Waals surface area contributed by atoms with Crippen molar-refractivity contribution in [1.29, 1.82) is 0 Å². The molecule has 2 saturated heterocycles. The molecule has 2 aromatic heterocycles. The van der Waals surface area contributed by atoms with Crippen LogP contribution >= 0.6 is 0 Å². The van der Waals surface area contributed by atoms with Crippen LogP contribution in [-0.4, -0.2) is 83.4 Å². The molecule has 2 N–H and O–H groups in total. The molecule has 0 radical (unpaired) electrons. The maximum absolute atomic E-state index is 16.8. The van der Waals surface area contributed by atoms with Crippen LogP contribution < -0.4 is 21.1 Å². The van der Waals surface area contributed by atoms with Crippen LogP contribution in [0.25, 0.3) is 16.8 Å². The predicted octanol–water partition coefficient (Wildman–Crippen LogP) is 4.08. The minimum absolute atomic E-state index is 0.0469. The first kappa shape index (κ1) is 33.3. The minimum Gasteiger partial charge on any atom is -0.374 e. The number of ether oxygens (including phenoxy) is 1. The molecule has 1 unspecified atom stereocenters. The van der Waals surface area contributed by atoms with Gasteiger partial charge in [-0.15, -0.1) is 0 Å². The fourth-order valence-electron chi connectivity index (χ4n) is 5.94. The second-order valence-electron chi connectivity index (χ2n) is 12.2. The van der Waals surface area contributed by atoms with E-state index < -0.39 is 51.7 Å². The normalized spacial score (nSPS) is 21.2. The van der Waals surface area contributed by atoms with Gasteiger partial charge in [-0.2, -0.15) is 13.2 Å². The fourth-order valence-corrected chi connectivity index (χ4v) is 5.94. The molecule has 2 aliphatic rings. The molecular formula is C31H36F5N7O3. The van der Waals surface area contributed by atoms with E-state index in [-0.39, 0.29) is 41.4 Å². The number of piperazine rings is 1. The number of carbonyl (C=O) groups is 1. The van der Waals surface area contributed by atoms with E-state index in [0.29, 0.717) is 49.5 Å². The predicted molar refractivity (Wildman–Crippen MR) is 162 cm³/mol. The van der Waals surface area contributed by atoms with Crippen molar-refractivity contribution in [3.8, 4) is 16.8 Å². The Bertz CT molecular complexity index is 1670.